The lowest BCUT2D eigenvalue weighted by Gasteiger charge is -2.33. The molecular weight excluding hydrogens is 430 g/mol. The van der Waals surface area contributed by atoms with Gasteiger partial charge in [-0.2, -0.15) is 4.31 Å². The summed E-state index contributed by atoms with van der Waals surface area (Å²) in [6.07, 6.45) is 3.40. The summed E-state index contributed by atoms with van der Waals surface area (Å²) in [6.45, 7) is 1.26. The molecule has 1 N–H and O–H groups in total. The summed E-state index contributed by atoms with van der Waals surface area (Å²) in [7, 11) is -3.51. The molecule has 2 aromatic rings. The number of nitrogens with zero attached hydrogens (tertiary/aromatic N) is 2. The number of benzene rings is 2. The summed E-state index contributed by atoms with van der Waals surface area (Å²) >= 11 is 3.38. The van der Waals surface area contributed by atoms with E-state index in [9.17, 15) is 13.2 Å². The minimum Gasteiger partial charge on any atom is -0.322 e. The number of piperazine rings is 1. The van der Waals surface area contributed by atoms with E-state index in [2.05, 4.69) is 21.2 Å². The predicted molar refractivity (Wildman–Crippen MR) is 108 cm³/mol. The Morgan fingerprint density at radius 2 is 1.59 bits per heavy atom. The third kappa shape index (κ3) is 4.97. The minimum atomic E-state index is -3.51. The number of nitrogens with one attached hydrogen (secondary N) is 1. The molecule has 1 aliphatic heterocycles. The van der Waals surface area contributed by atoms with Gasteiger partial charge in [-0.15, -0.1) is 0 Å². The van der Waals surface area contributed by atoms with Crippen LogP contribution in [0.15, 0.2) is 70.2 Å². The van der Waals surface area contributed by atoms with Crippen molar-refractivity contribution < 1.29 is 13.2 Å². The van der Waals surface area contributed by atoms with E-state index in [1.165, 1.54) is 4.31 Å². The molecule has 6 nitrogen and oxygen atoms in total. The fourth-order valence-electron chi connectivity index (χ4n) is 2.75. The van der Waals surface area contributed by atoms with Gasteiger partial charge in [0.05, 0.1) is 4.90 Å². The molecule has 0 spiro atoms. The second-order valence-corrected chi connectivity index (χ2v) is 8.89. The smallest absolute Gasteiger partial charge is 0.321 e. The number of hydrogen-bond acceptors (Lipinski definition) is 3. The Morgan fingerprint density at radius 1 is 0.963 bits per heavy atom. The number of rotatable bonds is 4. The lowest BCUT2D eigenvalue weighted by atomic mass is 10.2. The number of halogens is 1. The monoisotopic (exact) mass is 449 g/mol. The highest BCUT2D eigenvalue weighted by Crippen LogP contribution is 2.17. The van der Waals surface area contributed by atoms with Crippen molar-refractivity contribution in [2.24, 2.45) is 0 Å². The highest BCUT2D eigenvalue weighted by Gasteiger charge is 2.29. The van der Waals surface area contributed by atoms with Crippen molar-refractivity contribution in [3.05, 3.63) is 70.8 Å². The molecule has 27 heavy (non-hydrogen) atoms. The lowest BCUT2D eigenvalue weighted by molar-refractivity contribution is 0.175. The molecule has 0 aliphatic carbocycles. The molecule has 1 fully saturated rings. The first-order chi connectivity index (χ1) is 13.0. The third-order valence-corrected chi connectivity index (χ3v) is 6.70. The summed E-state index contributed by atoms with van der Waals surface area (Å²) in [5.74, 6) is 0. The van der Waals surface area contributed by atoms with Gasteiger partial charge in [0.1, 0.15) is 0 Å². The molecular formula is C19H20BrN3O3S. The normalized spacial score (nSPS) is 15.8. The van der Waals surface area contributed by atoms with E-state index >= 15 is 0 Å². The third-order valence-electron chi connectivity index (χ3n) is 4.26. The van der Waals surface area contributed by atoms with Crippen molar-refractivity contribution >= 4 is 38.1 Å². The molecule has 8 heteroatoms. The first-order valence-corrected chi connectivity index (χ1v) is 10.7. The highest BCUT2D eigenvalue weighted by molar-refractivity contribution is 9.10. The number of amides is 2. The molecule has 1 aliphatic rings. The molecule has 2 aromatic carbocycles. The molecule has 0 bridgehead atoms. The Hall–Kier alpha value is -2.16. The first kappa shape index (κ1) is 19.6. The standard InChI is InChI=1S/C19H20BrN3O3S/c20-17-8-6-16(7-9-17)10-11-21-19(24)22-12-14-23(15-13-22)27(25,26)18-4-2-1-3-5-18/h1-11H,12-15H2,(H,21,24)/b11-10+. The molecule has 0 saturated carbocycles. The van der Waals surface area contributed by atoms with Crippen LogP contribution in [0.3, 0.4) is 0 Å². The van der Waals surface area contributed by atoms with Crippen LogP contribution in [0.1, 0.15) is 5.56 Å². The van der Waals surface area contributed by atoms with Crippen LogP contribution in [0, 0.1) is 0 Å². The largest absolute Gasteiger partial charge is 0.322 e. The Labute approximate surface area is 167 Å². The van der Waals surface area contributed by atoms with E-state index in [-0.39, 0.29) is 24.0 Å². The minimum absolute atomic E-state index is 0.236. The second kappa shape index (κ2) is 8.69. The Morgan fingerprint density at radius 3 is 2.22 bits per heavy atom. The summed E-state index contributed by atoms with van der Waals surface area (Å²) in [6, 6.07) is 15.8. The predicted octanol–water partition coefficient (Wildman–Crippen LogP) is 3.14. The van der Waals surface area contributed by atoms with E-state index in [4.69, 9.17) is 0 Å². The average Bonchev–Trinajstić information content (AvgIpc) is 2.70. The van der Waals surface area contributed by atoms with Crippen molar-refractivity contribution in [1.82, 2.24) is 14.5 Å². The molecule has 2 amide bonds. The van der Waals surface area contributed by atoms with Crippen LogP contribution in [0.4, 0.5) is 4.79 Å². The molecule has 1 saturated heterocycles. The van der Waals surface area contributed by atoms with Crippen LogP contribution in [0.25, 0.3) is 6.08 Å². The number of sulfonamides is 1. The maximum absolute atomic E-state index is 12.6. The Bertz CT molecular complexity index is 907. The van der Waals surface area contributed by atoms with E-state index in [0.717, 1.165) is 10.0 Å². The van der Waals surface area contributed by atoms with E-state index < -0.39 is 10.0 Å². The molecule has 3 rings (SSSR count). The quantitative estimate of drug-likeness (QED) is 0.779. The zero-order valence-corrected chi connectivity index (χ0v) is 17.0. The molecule has 0 unspecified atom stereocenters. The number of carbonyl (C=O) groups excluding carboxylic acids is 1. The van der Waals surface area contributed by atoms with Gasteiger partial charge in [-0.3, -0.25) is 0 Å². The Balaban J connectivity index is 1.53. The molecule has 142 valence electrons. The first-order valence-electron chi connectivity index (χ1n) is 8.49. The van der Waals surface area contributed by atoms with Gasteiger partial charge in [0.25, 0.3) is 0 Å². The molecule has 0 aromatic heterocycles. The Kier molecular flexibility index (Phi) is 6.30. The van der Waals surface area contributed by atoms with Crippen molar-refractivity contribution in [3.8, 4) is 0 Å². The van der Waals surface area contributed by atoms with Gasteiger partial charge in [-0.1, -0.05) is 46.3 Å². The topological polar surface area (TPSA) is 69.7 Å². The van der Waals surface area contributed by atoms with Crippen molar-refractivity contribution in [3.63, 3.8) is 0 Å². The van der Waals surface area contributed by atoms with Crippen LogP contribution in [0.5, 0.6) is 0 Å². The zero-order valence-electron chi connectivity index (χ0n) is 14.6. The maximum atomic E-state index is 12.6. The van der Waals surface area contributed by atoms with E-state index in [1.807, 2.05) is 24.3 Å². The number of hydrogen-bond donors (Lipinski definition) is 1. The summed E-state index contributed by atoms with van der Waals surface area (Å²) < 4.78 is 27.6. The van der Waals surface area contributed by atoms with Crippen LogP contribution in [0.2, 0.25) is 0 Å². The van der Waals surface area contributed by atoms with E-state index in [1.54, 1.807) is 47.5 Å². The van der Waals surface area contributed by atoms with Crippen LogP contribution >= 0.6 is 15.9 Å². The average molecular weight is 450 g/mol. The van der Waals surface area contributed by atoms with Gasteiger partial charge in [0, 0.05) is 36.9 Å². The van der Waals surface area contributed by atoms with Crippen molar-refractivity contribution in [2.75, 3.05) is 26.2 Å². The maximum Gasteiger partial charge on any atom is 0.321 e. The van der Waals surface area contributed by atoms with Crippen molar-refractivity contribution in [1.29, 1.82) is 0 Å². The van der Waals surface area contributed by atoms with Gasteiger partial charge in [-0.25, -0.2) is 13.2 Å². The molecule has 0 atom stereocenters. The summed E-state index contributed by atoms with van der Waals surface area (Å²) in [5, 5.41) is 2.73. The van der Waals surface area contributed by atoms with Gasteiger partial charge < -0.3 is 10.2 Å². The highest BCUT2D eigenvalue weighted by atomic mass is 79.9. The second-order valence-electron chi connectivity index (χ2n) is 6.04. The van der Waals surface area contributed by atoms with Gasteiger partial charge in [0.2, 0.25) is 10.0 Å². The van der Waals surface area contributed by atoms with Gasteiger partial charge >= 0.3 is 6.03 Å². The van der Waals surface area contributed by atoms with Gasteiger partial charge in [-0.05, 0) is 35.9 Å². The summed E-state index contributed by atoms with van der Waals surface area (Å²) in [4.78, 5) is 14.1. The molecule has 0 radical (unpaired) electrons. The lowest BCUT2D eigenvalue weighted by Crippen LogP contribution is -2.52. The van der Waals surface area contributed by atoms with E-state index in [0.29, 0.717) is 13.1 Å². The number of urea groups is 1. The van der Waals surface area contributed by atoms with Crippen molar-refractivity contribution in [2.45, 2.75) is 4.90 Å². The SMILES string of the molecule is O=C(N/C=C/c1ccc(Br)cc1)N1CCN(S(=O)(=O)c2ccccc2)CC1. The van der Waals surface area contributed by atoms with Gasteiger partial charge in [0.15, 0.2) is 0 Å². The zero-order chi connectivity index (χ0) is 19.3. The van der Waals surface area contributed by atoms with Crippen LogP contribution in [-0.2, 0) is 10.0 Å². The van der Waals surface area contributed by atoms with Crippen LogP contribution < -0.4 is 5.32 Å². The summed E-state index contributed by atoms with van der Waals surface area (Å²) in [5.41, 5.74) is 0.970. The van der Waals surface area contributed by atoms with Crippen LogP contribution in [-0.4, -0.2) is 49.8 Å². The molecule has 1 heterocycles. The number of carbonyl (C=O) groups is 1. The fraction of sp³-hybridized carbons (Fsp3) is 0.211. The fourth-order valence-corrected chi connectivity index (χ4v) is 4.46.